The maximum absolute atomic E-state index is 5.41. The molecule has 10 rings (SSSR count). The Morgan fingerprint density at radius 2 is 0.980 bits per heavy atom. The summed E-state index contributed by atoms with van der Waals surface area (Å²) < 4.78 is 2.07. The van der Waals surface area contributed by atoms with E-state index in [1.165, 1.54) is 0 Å². The van der Waals surface area contributed by atoms with Gasteiger partial charge in [0.1, 0.15) is 11.2 Å². The standard InChI is InChI=1S/C46H29N5/c1-3-16-31(17-4-1)42-40(43(32-18-5-2-6-19-32)49-45(48-42)38-26-14-20-30-15-7-8-23-35(30)38)33-21-13-22-34(29-33)41-36-24-9-10-25-37(36)44-46(50-41)51-28-12-11-27-39(51)47-44/h1-29H. The molecule has 0 bridgehead atoms. The molecule has 0 aliphatic carbocycles. The van der Waals surface area contributed by atoms with Crippen LogP contribution in [0.2, 0.25) is 0 Å². The third kappa shape index (κ3) is 4.86. The van der Waals surface area contributed by atoms with Gasteiger partial charge >= 0.3 is 0 Å². The van der Waals surface area contributed by atoms with E-state index in [9.17, 15) is 0 Å². The van der Waals surface area contributed by atoms with Gasteiger partial charge in [-0.1, -0.05) is 152 Å². The molecular formula is C46H29N5. The molecule has 0 aliphatic heterocycles. The van der Waals surface area contributed by atoms with Crippen molar-refractivity contribution >= 4 is 38.4 Å². The maximum Gasteiger partial charge on any atom is 0.165 e. The quantitative estimate of drug-likeness (QED) is 0.186. The van der Waals surface area contributed by atoms with Crippen LogP contribution in [0.25, 0.3) is 94.6 Å². The molecule has 51 heavy (non-hydrogen) atoms. The first-order valence-corrected chi connectivity index (χ1v) is 17.1. The van der Waals surface area contributed by atoms with Gasteiger partial charge in [0.2, 0.25) is 0 Å². The van der Waals surface area contributed by atoms with Gasteiger partial charge in [0.05, 0.1) is 17.1 Å². The molecule has 0 amide bonds. The SMILES string of the molecule is c1ccc(-c2nc(-c3cccc4ccccc34)nc(-c3ccccc3)c2-c2cccc(-c3nc4c(nc5ccccn54)c4ccccc34)c2)cc1. The smallest absolute Gasteiger partial charge is 0.165 e. The fourth-order valence-electron chi connectivity index (χ4n) is 7.26. The molecule has 10 aromatic rings. The normalized spacial score (nSPS) is 11.5. The zero-order chi connectivity index (χ0) is 33.7. The first-order valence-electron chi connectivity index (χ1n) is 17.1. The van der Waals surface area contributed by atoms with Crippen LogP contribution in [0.15, 0.2) is 176 Å². The topological polar surface area (TPSA) is 56.0 Å². The summed E-state index contributed by atoms with van der Waals surface area (Å²) in [6.45, 7) is 0. The summed E-state index contributed by atoms with van der Waals surface area (Å²) in [5, 5.41) is 4.40. The molecule has 0 aliphatic rings. The molecule has 4 aromatic heterocycles. The Bertz CT molecular complexity index is 2850. The average molecular weight is 652 g/mol. The van der Waals surface area contributed by atoms with Crippen molar-refractivity contribution in [3.8, 4) is 56.3 Å². The molecule has 5 nitrogen and oxygen atoms in total. The fraction of sp³-hybridized carbons (Fsp3) is 0. The van der Waals surface area contributed by atoms with E-state index in [0.29, 0.717) is 5.82 Å². The Morgan fingerprint density at radius 3 is 1.75 bits per heavy atom. The number of aromatic nitrogens is 5. The number of pyridine rings is 2. The predicted octanol–water partition coefficient (Wildman–Crippen LogP) is 11.3. The third-order valence-electron chi connectivity index (χ3n) is 9.62. The van der Waals surface area contributed by atoms with Crippen molar-refractivity contribution in [2.24, 2.45) is 0 Å². The Labute approximate surface area is 294 Å². The molecule has 0 saturated heterocycles. The molecule has 0 N–H and O–H groups in total. The largest absolute Gasteiger partial charge is 0.284 e. The van der Waals surface area contributed by atoms with Crippen LogP contribution in [-0.2, 0) is 0 Å². The predicted molar refractivity (Wildman–Crippen MR) is 208 cm³/mol. The minimum Gasteiger partial charge on any atom is -0.284 e. The summed E-state index contributed by atoms with van der Waals surface area (Å²) in [5.74, 6) is 0.690. The van der Waals surface area contributed by atoms with Gasteiger partial charge in [-0.25, -0.2) is 19.9 Å². The molecule has 0 spiro atoms. The van der Waals surface area contributed by atoms with E-state index in [2.05, 4.69) is 144 Å². The Hall–Kier alpha value is -6.98. The van der Waals surface area contributed by atoms with Crippen molar-refractivity contribution in [1.82, 2.24) is 24.3 Å². The second-order valence-electron chi connectivity index (χ2n) is 12.7. The summed E-state index contributed by atoms with van der Waals surface area (Å²) >= 11 is 0. The lowest BCUT2D eigenvalue weighted by Gasteiger charge is -2.18. The molecule has 0 saturated carbocycles. The van der Waals surface area contributed by atoms with E-state index in [1.54, 1.807) is 0 Å². The van der Waals surface area contributed by atoms with Gasteiger partial charge in [-0.15, -0.1) is 0 Å². The van der Waals surface area contributed by atoms with Crippen LogP contribution in [0.3, 0.4) is 0 Å². The number of rotatable bonds is 5. The summed E-state index contributed by atoms with van der Waals surface area (Å²) in [6, 6.07) is 58.8. The molecule has 6 aromatic carbocycles. The highest BCUT2D eigenvalue weighted by Crippen LogP contribution is 2.42. The second kappa shape index (κ2) is 11.9. The van der Waals surface area contributed by atoms with E-state index in [-0.39, 0.29) is 0 Å². The molecule has 238 valence electrons. The van der Waals surface area contributed by atoms with Gasteiger partial charge in [0.15, 0.2) is 11.5 Å². The van der Waals surface area contributed by atoms with Crippen LogP contribution in [-0.4, -0.2) is 24.3 Å². The molecule has 0 radical (unpaired) electrons. The lowest BCUT2D eigenvalue weighted by Crippen LogP contribution is -2.01. The zero-order valence-electron chi connectivity index (χ0n) is 27.5. The number of benzene rings is 6. The van der Waals surface area contributed by atoms with Crippen molar-refractivity contribution in [3.05, 3.63) is 176 Å². The van der Waals surface area contributed by atoms with Gasteiger partial charge < -0.3 is 0 Å². The van der Waals surface area contributed by atoms with Crippen LogP contribution in [0.1, 0.15) is 0 Å². The van der Waals surface area contributed by atoms with E-state index >= 15 is 0 Å². The van der Waals surface area contributed by atoms with Crippen LogP contribution < -0.4 is 0 Å². The van der Waals surface area contributed by atoms with Crippen molar-refractivity contribution in [2.45, 2.75) is 0 Å². The van der Waals surface area contributed by atoms with Crippen molar-refractivity contribution in [1.29, 1.82) is 0 Å². The Kier molecular flexibility index (Phi) is 6.74. The lowest BCUT2D eigenvalue weighted by molar-refractivity contribution is 1.19. The molecule has 0 unspecified atom stereocenters. The highest BCUT2D eigenvalue weighted by atomic mass is 15.1. The number of hydrogen-bond donors (Lipinski definition) is 0. The van der Waals surface area contributed by atoms with Crippen molar-refractivity contribution in [3.63, 3.8) is 0 Å². The van der Waals surface area contributed by atoms with Crippen molar-refractivity contribution in [2.75, 3.05) is 0 Å². The van der Waals surface area contributed by atoms with Crippen LogP contribution >= 0.6 is 0 Å². The van der Waals surface area contributed by atoms with Gasteiger partial charge in [0.25, 0.3) is 0 Å². The van der Waals surface area contributed by atoms with Gasteiger partial charge in [-0.05, 0) is 34.5 Å². The number of hydrogen-bond acceptors (Lipinski definition) is 4. The molecule has 0 fully saturated rings. The Balaban J connectivity index is 1.26. The summed E-state index contributed by atoms with van der Waals surface area (Å²) in [4.78, 5) is 21.1. The molecule has 5 heteroatoms. The summed E-state index contributed by atoms with van der Waals surface area (Å²) in [5.41, 5.74) is 11.3. The maximum atomic E-state index is 5.41. The highest BCUT2D eigenvalue weighted by molar-refractivity contribution is 6.10. The van der Waals surface area contributed by atoms with E-state index < -0.39 is 0 Å². The number of fused-ring (bicyclic) bond motifs is 6. The summed E-state index contributed by atoms with van der Waals surface area (Å²) in [7, 11) is 0. The van der Waals surface area contributed by atoms with Crippen LogP contribution in [0, 0.1) is 0 Å². The van der Waals surface area contributed by atoms with E-state index in [4.69, 9.17) is 19.9 Å². The minimum absolute atomic E-state index is 0.690. The fourth-order valence-corrected chi connectivity index (χ4v) is 7.26. The zero-order valence-corrected chi connectivity index (χ0v) is 27.5. The highest BCUT2D eigenvalue weighted by Gasteiger charge is 2.22. The molecule has 0 atom stereocenters. The van der Waals surface area contributed by atoms with Gasteiger partial charge in [0, 0.05) is 44.8 Å². The molecule has 4 heterocycles. The van der Waals surface area contributed by atoms with E-state index in [0.717, 1.165) is 88.8 Å². The third-order valence-corrected chi connectivity index (χ3v) is 9.62. The van der Waals surface area contributed by atoms with E-state index in [1.807, 2.05) is 36.5 Å². The summed E-state index contributed by atoms with van der Waals surface area (Å²) in [6.07, 6.45) is 2.03. The second-order valence-corrected chi connectivity index (χ2v) is 12.7. The van der Waals surface area contributed by atoms with Crippen LogP contribution in [0.4, 0.5) is 0 Å². The Morgan fingerprint density at radius 1 is 0.392 bits per heavy atom. The lowest BCUT2D eigenvalue weighted by atomic mass is 9.92. The number of imidazole rings is 1. The molecular weight excluding hydrogens is 623 g/mol. The van der Waals surface area contributed by atoms with Gasteiger partial charge in [-0.2, -0.15) is 0 Å². The van der Waals surface area contributed by atoms with Gasteiger partial charge in [-0.3, -0.25) is 4.40 Å². The van der Waals surface area contributed by atoms with Crippen LogP contribution in [0.5, 0.6) is 0 Å². The first-order chi connectivity index (χ1) is 25.3. The first kappa shape index (κ1) is 29.0. The average Bonchev–Trinajstić information content (AvgIpc) is 3.59. The monoisotopic (exact) mass is 651 g/mol. The minimum atomic E-state index is 0.690. The van der Waals surface area contributed by atoms with Crippen molar-refractivity contribution < 1.29 is 0 Å². The number of nitrogens with zero attached hydrogens (tertiary/aromatic N) is 5.